The van der Waals surface area contributed by atoms with Gasteiger partial charge in [-0.2, -0.15) is 0 Å². The van der Waals surface area contributed by atoms with Crippen molar-refractivity contribution in [2.24, 2.45) is 0 Å². The van der Waals surface area contributed by atoms with Gasteiger partial charge in [-0.1, -0.05) is 88.2 Å². The summed E-state index contributed by atoms with van der Waals surface area (Å²) in [4.78, 5) is 42.4. The topological polar surface area (TPSA) is 161 Å². The Morgan fingerprint density at radius 2 is 1.50 bits per heavy atom. The van der Waals surface area contributed by atoms with Gasteiger partial charge in [0, 0.05) is 25.5 Å². The molecule has 1 fully saturated rings. The second-order valence-electron chi connectivity index (χ2n) is 14.7. The van der Waals surface area contributed by atoms with Gasteiger partial charge in [0.2, 0.25) is 5.91 Å². The van der Waals surface area contributed by atoms with E-state index in [1.165, 1.54) is 4.90 Å². The highest BCUT2D eigenvalue weighted by Crippen LogP contribution is 2.20. The molecule has 12 nitrogen and oxygen atoms in total. The van der Waals surface area contributed by atoms with Crippen molar-refractivity contribution >= 4 is 27.9 Å². The SMILES string of the molecule is CCCC(CCC)S(=O)(=O)CC(NC(=O)OC1CCOCC1)C(=O)N[C@@H](Cc1cc(F)cc(F)c1)[C@H](O)CN(Cc1cccc(CC)c1)C(=O)OCc1ccccc1. The van der Waals surface area contributed by atoms with Gasteiger partial charge in [-0.25, -0.2) is 26.8 Å². The van der Waals surface area contributed by atoms with Gasteiger partial charge >= 0.3 is 12.2 Å². The van der Waals surface area contributed by atoms with Crippen molar-refractivity contribution in [1.29, 1.82) is 0 Å². The zero-order valence-electron chi connectivity index (χ0n) is 33.5. The lowest BCUT2D eigenvalue weighted by Gasteiger charge is -2.31. The third-order valence-electron chi connectivity index (χ3n) is 9.99. The minimum Gasteiger partial charge on any atom is -0.446 e. The Kier molecular flexibility index (Phi) is 18.4. The summed E-state index contributed by atoms with van der Waals surface area (Å²) < 4.78 is 73.0. The zero-order chi connectivity index (χ0) is 42.1. The predicted octanol–water partition coefficient (Wildman–Crippen LogP) is 6.41. The van der Waals surface area contributed by atoms with Crippen molar-refractivity contribution in [3.05, 3.63) is 107 Å². The highest BCUT2D eigenvalue weighted by atomic mass is 32.2. The molecule has 1 heterocycles. The molecule has 1 aliphatic rings. The number of nitrogens with one attached hydrogen (secondary N) is 2. The van der Waals surface area contributed by atoms with Crippen LogP contribution in [0, 0.1) is 11.6 Å². The second kappa shape index (κ2) is 23.1. The molecule has 3 aromatic rings. The summed E-state index contributed by atoms with van der Waals surface area (Å²) in [5.41, 5.74) is 2.55. The number of alkyl carbamates (subject to hydrolysis) is 1. The predicted molar refractivity (Wildman–Crippen MR) is 215 cm³/mol. The molecule has 3 N–H and O–H groups in total. The number of amides is 3. The molecule has 0 aromatic heterocycles. The number of hydrogen-bond donors (Lipinski definition) is 3. The largest absolute Gasteiger partial charge is 0.446 e. The number of rotatable bonds is 21. The average Bonchev–Trinajstić information content (AvgIpc) is 3.19. The van der Waals surface area contributed by atoms with Crippen LogP contribution in [-0.2, 0) is 54.8 Å². The van der Waals surface area contributed by atoms with E-state index in [0.717, 1.165) is 35.2 Å². The molecule has 0 aliphatic carbocycles. The molecular formula is C43H57F2N3O9S. The summed E-state index contributed by atoms with van der Waals surface area (Å²) in [6.45, 7) is 5.97. The Bertz CT molecular complexity index is 1850. The van der Waals surface area contributed by atoms with E-state index in [1.807, 2.05) is 51.1 Å². The molecule has 0 bridgehead atoms. The van der Waals surface area contributed by atoms with Crippen LogP contribution in [-0.4, -0.2) is 91.6 Å². The van der Waals surface area contributed by atoms with Crippen molar-refractivity contribution in [2.45, 2.75) is 115 Å². The van der Waals surface area contributed by atoms with Gasteiger partial charge in [-0.05, 0) is 60.1 Å². The molecule has 0 radical (unpaired) electrons. The summed E-state index contributed by atoms with van der Waals surface area (Å²) in [6.07, 6.45) is -0.788. The number of aryl methyl sites for hydroxylation is 1. The molecule has 318 valence electrons. The van der Waals surface area contributed by atoms with E-state index >= 15 is 0 Å². The minimum atomic E-state index is -3.98. The van der Waals surface area contributed by atoms with Crippen LogP contribution in [0.3, 0.4) is 0 Å². The minimum absolute atomic E-state index is 0.00446. The molecule has 1 unspecified atom stereocenters. The van der Waals surface area contributed by atoms with Crippen molar-refractivity contribution in [2.75, 3.05) is 25.5 Å². The number of carbonyl (C=O) groups is 3. The van der Waals surface area contributed by atoms with E-state index in [1.54, 1.807) is 24.3 Å². The Morgan fingerprint density at radius 3 is 2.14 bits per heavy atom. The molecule has 58 heavy (non-hydrogen) atoms. The van der Waals surface area contributed by atoms with Gasteiger partial charge in [-0.3, -0.25) is 4.79 Å². The lowest BCUT2D eigenvalue weighted by Crippen LogP contribution is -2.57. The Balaban J connectivity index is 1.65. The summed E-state index contributed by atoms with van der Waals surface area (Å²) in [6, 6.07) is 16.3. The van der Waals surface area contributed by atoms with Crippen LogP contribution in [0.4, 0.5) is 18.4 Å². The Morgan fingerprint density at radius 1 is 0.862 bits per heavy atom. The quantitative estimate of drug-likeness (QED) is 0.110. The molecule has 0 spiro atoms. The molecule has 4 rings (SSSR count). The first-order valence-electron chi connectivity index (χ1n) is 20.0. The first-order valence-corrected chi connectivity index (χ1v) is 21.7. The number of aliphatic hydroxyl groups is 1. The van der Waals surface area contributed by atoms with Gasteiger partial charge in [0.15, 0.2) is 9.84 Å². The molecule has 3 aromatic carbocycles. The number of aliphatic hydroxyl groups excluding tert-OH is 1. The fourth-order valence-electron chi connectivity index (χ4n) is 6.91. The van der Waals surface area contributed by atoms with Crippen LogP contribution in [0.15, 0.2) is 72.8 Å². The van der Waals surface area contributed by atoms with Crippen molar-refractivity contribution in [1.82, 2.24) is 15.5 Å². The van der Waals surface area contributed by atoms with E-state index in [0.29, 0.717) is 57.8 Å². The van der Waals surface area contributed by atoms with Gasteiger partial charge in [-0.15, -0.1) is 0 Å². The van der Waals surface area contributed by atoms with Crippen LogP contribution >= 0.6 is 0 Å². The standard InChI is InChI=1S/C43H57F2N3O9S/c1-4-11-37(12-5-2)58(53,54)29-39(47-42(51)57-36-17-19-55-20-18-36)41(50)46-38(24-33-22-34(44)25-35(45)23-33)40(49)27-48(26-32-16-10-15-30(6-3)21-32)43(52)56-28-31-13-8-7-9-14-31/h7-10,13-16,21-23,25,36-40,49H,4-6,11-12,17-20,24,26-29H2,1-3H3,(H,46,50)(H,47,51)/t38-,39?,40+/m0/s1. The molecular weight excluding hydrogens is 773 g/mol. The summed E-state index contributed by atoms with van der Waals surface area (Å²) >= 11 is 0. The zero-order valence-corrected chi connectivity index (χ0v) is 34.4. The summed E-state index contributed by atoms with van der Waals surface area (Å²) in [5, 5.41) is 16.2. The maximum Gasteiger partial charge on any atom is 0.410 e. The van der Waals surface area contributed by atoms with Crippen molar-refractivity contribution in [3.8, 4) is 0 Å². The lowest BCUT2D eigenvalue weighted by atomic mass is 9.99. The summed E-state index contributed by atoms with van der Waals surface area (Å²) in [5.74, 6) is -3.53. The smallest absolute Gasteiger partial charge is 0.410 e. The van der Waals surface area contributed by atoms with Gasteiger partial charge in [0.25, 0.3) is 0 Å². The Hall–Kier alpha value is -4.60. The van der Waals surface area contributed by atoms with E-state index in [4.69, 9.17) is 14.2 Å². The molecule has 0 saturated carbocycles. The van der Waals surface area contributed by atoms with Crippen LogP contribution in [0.2, 0.25) is 0 Å². The highest BCUT2D eigenvalue weighted by molar-refractivity contribution is 7.92. The van der Waals surface area contributed by atoms with E-state index in [-0.39, 0.29) is 25.1 Å². The van der Waals surface area contributed by atoms with Crippen LogP contribution in [0.5, 0.6) is 0 Å². The molecule has 3 atom stereocenters. The number of hydrogen-bond acceptors (Lipinski definition) is 9. The number of benzene rings is 3. The molecule has 3 amide bonds. The number of nitrogens with zero attached hydrogens (tertiary/aromatic N) is 1. The fourth-order valence-corrected chi connectivity index (χ4v) is 9.07. The lowest BCUT2D eigenvalue weighted by molar-refractivity contribution is -0.124. The van der Waals surface area contributed by atoms with Gasteiger partial charge in [0.1, 0.15) is 30.4 Å². The van der Waals surface area contributed by atoms with Crippen molar-refractivity contribution in [3.63, 3.8) is 0 Å². The maximum atomic E-state index is 14.4. The molecule has 1 aliphatic heterocycles. The first kappa shape index (κ1) is 46.1. The number of ether oxygens (including phenoxy) is 3. The number of carbonyl (C=O) groups excluding carboxylic acids is 3. The second-order valence-corrected chi connectivity index (χ2v) is 17.0. The van der Waals surface area contributed by atoms with E-state index in [9.17, 15) is 36.7 Å². The third-order valence-corrected chi connectivity index (χ3v) is 12.3. The normalized spacial score (nSPS) is 14.9. The molecule has 15 heteroatoms. The summed E-state index contributed by atoms with van der Waals surface area (Å²) in [7, 11) is -3.98. The van der Waals surface area contributed by atoms with Crippen LogP contribution in [0.1, 0.15) is 81.5 Å². The van der Waals surface area contributed by atoms with Gasteiger partial charge in [0.05, 0.1) is 42.9 Å². The average molecular weight is 830 g/mol. The highest BCUT2D eigenvalue weighted by Gasteiger charge is 2.36. The maximum absolute atomic E-state index is 14.4. The van der Waals surface area contributed by atoms with E-state index < -0.39 is 81.4 Å². The molecule has 1 saturated heterocycles. The monoisotopic (exact) mass is 829 g/mol. The van der Waals surface area contributed by atoms with Crippen LogP contribution in [0.25, 0.3) is 0 Å². The van der Waals surface area contributed by atoms with Crippen molar-refractivity contribution < 1.29 is 50.9 Å². The fraction of sp³-hybridized carbons (Fsp3) is 0.512. The van der Waals surface area contributed by atoms with Crippen LogP contribution < -0.4 is 10.6 Å². The van der Waals surface area contributed by atoms with Gasteiger partial charge < -0.3 is 34.9 Å². The van der Waals surface area contributed by atoms with E-state index in [2.05, 4.69) is 10.6 Å². The number of sulfone groups is 1. The Labute approximate surface area is 340 Å². The third kappa shape index (κ3) is 15.0. The first-order chi connectivity index (χ1) is 27.8. The number of halogens is 2.